The largest absolute Gasteiger partial charge is 0.322 e. The Kier molecular flexibility index (Phi) is 5.60. The van der Waals surface area contributed by atoms with Gasteiger partial charge in [0.25, 0.3) is 0 Å². The van der Waals surface area contributed by atoms with Crippen molar-refractivity contribution < 1.29 is 9.18 Å². The Bertz CT molecular complexity index is 589. The smallest absolute Gasteiger partial charge is 0.242 e. The molecule has 7 heteroatoms. The number of carbonyl (C=O) groups is 1. The van der Waals surface area contributed by atoms with Crippen LogP contribution in [0.3, 0.4) is 0 Å². The zero-order valence-electron chi connectivity index (χ0n) is 13.3. The van der Waals surface area contributed by atoms with E-state index in [1.165, 1.54) is 4.90 Å². The van der Waals surface area contributed by atoms with Gasteiger partial charge in [-0.05, 0) is 31.5 Å². The number of carbonyl (C=O) groups excluding carboxylic acids is 1. The van der Waals surface area contributed by atoms with E-state index in [2.05, 4.69) is 4.98 Å². The molecule has 0 saturated carbocycles. The Hall–Kier alpha value is -1.65. The predicted octanol–water partition coefficient (Wildman–Crippen LogP) is 1.88. The lowest BCUT2D eigenvalue weighted by molar-refractivity contribution is -0.133. The highest BCUT2D eigenvalue weighted by Gasteiger charge is 2.42. The minimum atomic E-state index is -1.15. The van der Waals surface area contributed by atoms with E-state index in [1.807, 2.05) is 32.0 Å². The fraction of sp³-hybridized carbons (Fsp3) is 0.562. The van der Waals surface area contributed by atoms with Crippen LogP contribution >= 0.6 is 11.8 Å². The quantitative estimate of drug-likeness (QED) is 0.888. The number of nitriles is 1. The van der Waals surface area contributed by atoms with E-state index in [9.17, 15) is 9.18 Å². The van der Waals surface area contributed by atoms with Gasteiger partial charge >= 0.3 is 0 Å². The number of amides is 1. The number of nitrogens with two attached hydrogens (primary N) is 1. The van der Waals surface area contributed by atoms with Crippen molar-refractivity contribution in [2.75, 3.05) is 6.54 Å². The van der Waals surface area contributed by atoms with Crippen molar-refractivity contribution in [3.63, 3.8) is 0 Å². The molecule has 5 nitrogen and oxygen atoms in total. The first-order chi connectivity index (χ1) is 10.8. The Morgan fingerprint density at radius 1 is 1.61 bits per heavy atom. The molecule has 23 heavy (non-hydrogen) atoms. The molecule has 3 atom stereocenters. The second kappa shape index (κ2) is 7.28. The molecule has 1 fully saturated rings. The summed E-state index contributed by atoms with van der Waals surface area (Å²) in [6, 6.07) is 4.30. The molecule has 0 aromatic carbocycles. The van der Waals surface area contributed by atoms with Gasteiger partial charge in [0.05, 0.1) is 18.7 Å². The van der Waals surface area contributed by atoms with Crippen LogP contribution in [0.25, 0.3) is 0 Å². The van der Waals surface area contributed by atoms with Crippen molar-refractivity contribution in [1.29, 1.82) is 5.26 Å². The molecule has 1 aliphatic heterocycles. The summed E-state index contributed by atoms with van der Waals surface area (Å²) in [5, 5.41) is 9.08. The molecule has 2 heterocycles. The Morgan fingerprint density at radius 2 is 2.26 bits per heavy atom. The molecule has 0 radical (unpaired) electrons. The van der Waals surface area contributed by atoms with E-state index in [0.29, 0.717) is 5.75 Å². The van der Waals surface area contributed by atoms with Gasteiger partial charge in [0.15, 0.2) is 0 Å². The monoisotopic (exact) mass is 336 g/mol. The number of aromatic nitrogens is 1. The molecule has 1 aromatic rings. The van der Waals surface area contributed by atoms with Crippen LogP contribution in [0.15, 0.2) is 24.5 Å². The average molecular weight is 336 g/mol. The maximum atomic E-state index is 13.5. The molecule has 0 bridgehead atoms. The summed E-state index contributed by atoms with van der Waals surface area (Å²) in [5.41, 5.74) is 7.24. The van der Waals surface area contributed by atoms with Crippen molar-refractivity contribution >= 4 is 17.7 Å². The minimum absolute atomic E-state index is 0.0458. The first kappa shape index (κ1) is 17.7. The fourth-order valence-corrected chi connectivity index (χ4v) is 3.48. The molecule has 1 saturated heterocycles. The minimum Gasteiger partial charge on any atom is -0.322 e. The van der Waals surface area contributed by atoms with E-state index in [-0.39, 0.29) is 18.9 Å². The van der Waals surface area contributed by atoms with Crippen LogP contribution < -0.4 is 5.73 Å². The SMILES string of the molecule is CC(C)(SCc1ccncc1)[C@H](N)C(=O)N1CC(F)C[C@H]1C#N. The second-order valence-electron chi connectivity index (χ2n) is 6.19. The van der Waals surface area contributed by atoms with Crippen LogP contribution in [-0.4, -0.2) is 45.3 Å². The summed E-state index contributed by atoms with van der Waals surface area (Å²) < 4.78 is 13.0. The molecule has 1 aliphatic rings. The summed E-state index contributed by atoms with van der Waals surface area (Å²) in [6.07, 6.45) is 2.36. The van der Waals surface area contributed by atoms with Crippen LogP contribution in [0.5, 0.6) is 0 Å². The molecule has 1 amide bonds. The maximum absolute atomic E-state index is 13.5. The molecule has 124 valence electrons. The van der Waals surface area contributed by atoms with Crippen LogP contribution in [0.2, 0.25) is 0 Å². The highest BCUT2D eigenvalue weighted by atomic mass is 32.2. The molecule has 0 spiro atoms. The van der Waals surface area contributed by atoms with E-state index in [4.69, 9.17) is 11.0 Å². The summed E-state index contributed by atoms with van der Waals surface area (Å²) in [4.78, 5) is 17.8. The van der Waals surface area contributed by atoms with Crippen LogP contribution in [-0.2, 0) is 10.5 Å². The highest BCUT2D eigenvalue weighted by Crippen LogP contribution is 2.32. The number of hydrogen-bond acceptors (Lipinski definition) is 5. The normalized spacial score (nSPS) is 22.7. The van der Waals surface area contributed by atoms with Gasteiger partial charge in [-0.1, -0.05) is 0 Å². The molecule has 1 unspecified atom stereocenters. The summed E-state index contributed by atoms with van der Waals surface area (Å²) in [6.45, 7) is 3.74. The van der Waals surface area contributed by atoms with Gasteiger partial charge in [-0.3, -0.25) is 9.78 Å². The third-order valence-corrected chi connectivity index (χ3v) is 5.53. The average Bonchev–Trinajstić information content (AvgIpc) is 2.93. The number of pyridine rings is 1. The third kappa shape index (κ3) is 4.21. The van der Waals surface area contributed by atoms with Crippen LogP contribution in [0.4, 0.5) is 4.39 Å². The van der Waals surface area contributed by atoms with Crippen LogP contribution in [0, 0.1) is 11.3 Å². The van der Waals surface area contributed by atoms with Gasteiger partial charge in [-0.15, -0.1) is 11.8 Å². The molecule has 1 aromatic heterocycles. The third-order valence-electron chi connectivity index (χ3n) is 4.06. The van der Waals surface area contributed by atoms with Crippen LogP contribution in [0.1, 0.15) is 25.8 Å². The summed E-state index contributed by atoms with van der Waals surface area (Å²) >= 11 is 1.56. The van der Waals surface area contributed by atoms with Gasteiger partial charge in [0.2, 0.25) is 5.91 Å². The number of nitrogens with zero attached hydrogens (tertiary/aromatic N) is 3. The zero-order chi connectivity index (χ0) is 17.0. The van der Waals surface area contributed by atoms with Crippen molar-refractivity contribution in [2.45, 2.75) is 49.0 Å². The fourth-order valence-electron chi connectivity index (χ4n) is 2.46. The Morgan fingerprint density at radius 3 is 2.87 bits per heavy atom. The molecule has 2 rings (SSSR count). The molecule has 0 aliphatic carbocycles. The van der Waals surface area contributed by atoms with Gasteiger partial charge < -0.3 is 10.6 Å². The predicted molar refractivity (Wildman–Crippen MR) is 88.2 cm³/mol. The lowest BCUT2D eigenvalue weighted by Crippen LogP contribution is -2.54. The summed E-state index contributed by atoms with van der Waals surface area (Å²) in [5.74, 6) is 0.341. The maximum Gasteiger partial charge on any atom is 0.242 e. The van der Waals surface area contributed by atoms with Gasteiger partial charge in [-0.25, -0.2) is 4.39 Å². The van der Waals surface area contributed by atoms with Gasteiger partial charge in [-0.2, -0.15) is 5.26 Å². The van der Waals surface area contributed by atoms with Crippen molar-refractivity contribution in [3.05, 3.63) is 30.1 Å². The number of halogens is 1. The van der Waals surface area contributed by atoms with E-state index >= 15 is 0 Å². The highest BCUT2D eigenvalue weighted by molar-refractivity contribution is 7.99. The Balaban J connectivity index is 2.01. The molecular formula is C16H21FN4OS. The second-order valence-corrected chi connectivity index (χ2v) is 7.82. The summed E-state index contributed by atoms with van der Waals surface area (Å²) in [7, 11) is 0. The lowest BCUT2D eigenvalue weighted by atomic mass is 10.0. The zero-order valence-corrected chi connectivity index (χ0v) is 14.1. The number of rotatable bonds is 5. The van der Waals surface area contributed by atoms with Gasteiger partial charge in [0.1, 0.15) is 12.2 Å². The topological polar surface area (TPSA) is 83.0 Å². The number of hydrogen-bond donors (Lipinski definition) is 1. The number of thioether (sulfide) groups is 1. The standard InChI is InChI=1S/C16H21FN4OS/c1-16(2,23-10-11-3-5-20-6-4-11)14(19)15(22)21-9-12(17)7-13(21)8-18/h3-6,12-14H,7,9-10,19H2,1-2H3/t12?,13-,14+/m0/s1. The van der Waals surface area contributed by atoms with Crippen molar-refractivity contribution in [3.8, 4) is 6.07 Å². The first-order valence-electron chi connectivity index (χ1n) is 7.47. The number of likely N-dealkylation sites (tertiary alicyclic amines) is 1. The molecular weight excluding hydrogens is 315 g/mol. The first-order valence-corrected chi connectivity index (χ1v) is 8.46. The van der Waals surface area contributed by atoms with Crippen molar-refractivity contribution in [2.24, 2.45) is 5.73 Å². The van der Waals surface area contributed by atoms with E-state index in [1.54, 1.807) is 24.2 Å². The lowest BCUT2D eigenvalue weighted by Gasteiger charge is -2.33. The van der Waals surface area contributed by atoms with E-state index < -0.39 is 23.0 Å². The molecule has 2 N–H and O–H groups in total. The van der Waals surface area contributed by atoms with Gasteiger partial charge in [0, 0.05) is 29.3 Å². The van der Waals surface area contributed by atoms with E-state index in [0.717, 1.165) is 5.56 Å². The Labute approximate surface area is 140 Å². The van der Waals surface area contributed by atoms with Crippen molar-refractivity contribution in [1.82, 2.24) is 9.88 Å². The number of alkyl halides is 1.